The van der Waals surface area contributed by atoms with Gasteiger partial charge < -0.3 is 4.74 Å². The average Bonchev–Trinajstić information content (AvgIpc) is 3.38. The largest absolute Gasteiger partial charge is 0.465 e. The molecule has 1 aliphatic heterocycles. The van der Waals surface area contributed by atoms with Crippen LogP contribution in [0, 0.1) is 18.8 Å². The Kier molecular flexibility index (Phi) is 5.85. The summed E-state index contributed by atoms with van der Waals surface area (Å²) in [5.41, 5.74) is 5.79. The molecule has 5 rings (SSSR count). The Morgan fingerprint density at radius 3 is 2.67 bits per heavy atom. The van der Waals surface area contributed by atoms with Crippen molar-refractivity contribution in [1.29, 1.82) is 0 Å². The second kappa shape index (κ2) is 8.94. The number of rotatable bonds is 6. The first-order valence-electron chi connectivity index (χ1n) is 11.7. The van der Waals surface area contributed by atoms with Crippen LogP contribution >= 0.6 is 0 Å². The number of aryl methyl sites for hydroxylation is 1. The summed E-state index contributed by atoms with van der Waals surface area (Å²) in [6.45, 7) is 5.72. The molecule has 1 saturated carbocycles. The molecule has 0 spiro atoms. The number of benzene rings is 1. The van der Waals surface area contributed by atoms with Gasteiger partial charge in [-0.1, -0.05) is 30.7 Å². The van der Waals surface area contributed by atoms with Crippen LogP contribution in [0.4, 0.5) is 5.95 Å². The lowest BCUT2D eigenvalue weighted by Crippen LogP contribution is -2.30. The topological polar surface area (TPSA) is 89.3 Å². The molecule has 8 nitrogen and oxygen atoms in total. The molecule has 1 N–H and O–H groups in total. The van der Waals surface area contributed by atoms with E-state index < -0.39 is 5.97 Å². The standard InChI is InChI=1S/C25H29N5O3/c1-3-33-22(31)15-30-23-19(11-21(24(30)32)20-10-5-4-7-16(20)2)12-26-25(27-23)28-29-13-17-8-6-9-18(17)14-29/h4-5,7,10-12,17-18H,3,6,8-9,13-15H2,1-2H3,(H,26,27,28). The molecule has 3 heterocycles. The second-order valence-electron chi connectivity index (χ2n) is 9.01. The van der Waals surface area contributed by atoms with Crippen LogP contribution in [-0.4, -0.2) is 45.2 Å². The third-order valence-electron chi connectivity index (χ3n) is 6.84. The zero-order valence-electron chi connectivity index (χ0n) is 19.1. The van der Waals surface area contributed by atoms with E-state index in [1.54, 1.807) is 13.1 Å². The zero-order valence-corrected chi connectivity index (χ0v) is 19.1. The van der Waals surface area contributed by atoms with E-state index >= 15 is 0 Å². The number of esters is 1. The van der Waals surface area contributed by atoms with Crippen LogP contribution in [0.3, 0.4) is 0 Å². The number of carbonyl (C=O) groups excluding carboxylic acids is 1. The van der Waals surface area contributed by atoms with Crippen molar-refractivity contribution in [1.82, 2.24) is 19.5 Å². The molecule has 33 heavy (non-hydrogen) atoms. The highest BCUT2D eigenvalue weighted by Crippen LogP contribution is 2.37. The number of hydrogen-bond donors (Lipinski definition) is 1. The molecule has 0 radical (unpaired) electrons. The van der Waals surface area contributed by atoms with E-state index in [9.17, 15) is 9.59 Å². The van der Waals surface area contributed by atoms with Gasteiger partial charge in [0, 0.05) is 30.2 Å². The van der Waals surface area contributed by atoms with Gasteiger partial charge in [0.2, 0.25) is 5.95 Å². The number of pyridine rings is 1. The maximum atomic E-state index is 13.5. The molecule has 8 heteroatoms. The Morgan fingerprint density at radius 2 is 1.94 bits per heavy atom. The summed E-state index contributed by atoms with van der Waals surface area (Å²) >= 11 is 0. The molecule has 172 valence electrons. The Labute approximate surface area is 192 Å². The molecule has 1 saturated heterocycles. The Morgan fingerprint density at radius 1 is 1.18 bits per heavy atom. The van der Waals surface area contributed by atoms with Gasteiger partial charge in [0.25, 0.3) is 5.56 Å². The fourth-order valence-electron chi connectivity index (χ4n) is 5.23. The monoisotopic (exact) mass is 447 g/mol. The minimum Gasteiger partial charge on any atom is -0.465 e. The van der Waals surface area contributed by atoms with Crippen molar-refractivity contribution in [3.05, 3.63) is 52.4 Å². The van der Waals surface area contributed by atoms with Gasteiger partial charge in [-0.3, -0.25) is 19.6 Å². The predicted molar refractivity (Wildman–Crippen MR) is 127 cm³/mol. The molecule has 2 fully saturated rings. The van der Waals surface area contributed by atoms with Gasteiger partial charge >= 0.3 is 5.97 Å². The summed E-state index contributed by atoms with van der Waals surface area (Å²) in [6, 6.07) is 9.52. The molecule has 2 aliphatic rings. The van der Waals surface area contributed by atoms with Crippen LogP contribution in [0.25, 0.3) is 22.2 Å². The van der Waals surface area contributed by atoms with Crippen LogP contribution in [0.2, 0.25) is 0 Å². The number of hydrazine groups is 1. The number of hydrogen-bond acceptors (Lipinski definition) is 7. The molecule has 2 aromatic heterocycles. The first kappa shape index (κ1) is 21.6. The Balaban J connectivity index is 1.55. The van der Waals surface area contributed by atoms with E-state index in [1.807, 2.05) is 37.3 Å². The van der Waals surface area contributed by atoms with Crippen molar-refractivity contribution in [3.63, 3.8) is 0 Å². The summed E-state index contributed by atoms with van der Waals surface area (Å²) in [7, 11) is 0. The molecular formula is C25H29N5O3. The van der Waals surface area contributed by atoms with Crippen LogP contribution in [0.5, 0.6) is 0 Å². The number of nitrogens with one attached hydrogen (secondary N) is 1. The normalized spacial score (nSPS) is 20.2. The lowest BCUT2D eigenvalue weighted by molar-refractivity contribution is -0.143. The van der Waals surface area contributed by atoms with Gasteiger partial charge in [-0.25, -0.2) is 9.99 Å². The highest BCUT2D eigenvalue weighted by Gasteiger charge is 2.36. The second-order valence-corrected chi connectivity index (χ2v) is 9.01. The Bertz CT molecular complexity index is 1240. The highest BCUT2D eigenvalue weighted by atomic mass is 16.5. The third-order valence-corrected chi connectivity index (χ3v) is 6.84. The van der Waals surface area contributed by atoms with Gasteiger partial charge in [-0.05, 0) is 55.7 Å². The van der Waals surface area contributed by atoms with Crippen molar-refractivity contribution in [3.8, 4) is 11.1 Å². The minimum atomic E-state index is -0.469. The van der Waals surface area contributed by atoms with Gasteiger partial charge in [-0.15, -0.1) is 0 Å². The summed E-state index contributed by atoms with van der Waals surface area (Å²) in [5.74, 6) is 1.43. The van der Waals surface area contributed by atoms with Gasteiger partial charge in [0.05, 0.1) is 6.61 Å². The quantitative estimate of drug-likeness (QED) is 0.580. The molecule has 2 atom stereocenters. The lowest BCUT2D eigenvalue weighted by Gasteiger charge is -2.19. The van der Waals surface area contributed by atoms with E-state index in [1.165, 1.54) is 23.8 Å². The zero-order chi connectivity index (χ0) is 22.9. The Hall–Kier alpha value is -3.26. The molecule has 0 amide bonds. The first-order valence-corrected chi connectivity index (χ1v) is 11.7. The smallest absolute Gasteiger partial charge is 0.326 e. The molecule has 3 aromatic rings. The molecule has 1 aromatic carbocycles. The van der Waals surface area contributed by atoms with Crippen molar-refractivity contribution < 1.29 is 9.53 Å². The van der Waals surface area contributed by atoms with Crippen LogP contribution in [-0.2, 0) is 16.1 Å². The number of anilines is 1. The first-order chi connectivity index (χ1) is 16.0. The molecular weight excluding hydrogens is 418 g/mol. The third kappa shape index (κ3) is 4.23. The van der Waals surface area contributed by atoms with Crippen molar-refractivity contribution in [2.75, 3.05) is 25.1 Å². The molecule has 2 unspecified atom stereocenters. The van der Waals surface area contributed by atoms with E-state index in [0.717, 1.165) is 36.1 Å². The molecule has 0 bridgehead atoms. The number of ether oxygens (including phenoxy) is 1. The predicted octanol–water partition coefficient (Wildman–Crippen LogP) is 3.39. The van der Waals surface area contributed by atoms with Crippen LogP contribution in [0.15, 0.2) is 41.3 Å². The fourth-order valence-corrected chi connectivity index (χ4v) is 5.23. The number of fused-ring (bicyclic) bond motifs is 2. The minimum absolute atomic E-state index is 0.201. The van der Waals surface area contributed by atoms with Crippen molar-refractivity contribution in [2.24, 2.45) is 11.8 Å². The van der Waals surface area contributed by atoms with E-state index in [4.69, 9.17) is 4.74 Å². The number of nitrogens with zero attached hydrogens (tertiary/aromatic N) is 4. The summed E-state index contributed by atoms with van der Waals surface area (Å²) < 4.78 is 6.54. The van der Waals surface area contributed by atoms with Crippen LogP contribution in [0.1, 0.15) is 31.7 Å². The number of carbonyl (C=O) groups is 1. The van der Waals surface area contributed by atoms with E-state index in [0.29, 0.717) is 22.5 Å². The maximum absolute atomic E-state index is 13.5. The van der Waals surface area contributed by atoms with E-state index in [2.05, 4.69) is 20.4 Å². The summed E-state index contributed by atoms with van der Waals surface area (Å²) in [6.07, 6.45) is 5.59. The summed E-state index contributed by atoms with van der Waals surface area (Å²) in [5, 5.41) is 2.87. The molecule has 1 aliphatic carbocycles. The van der Waals surface area contributed by atoms with Gasteiger partial charge in [-0.2, -0.15) is 4.98 Å². The van der Waals surface area contributed by atoms with Gasteiger partial charge in [0.15, 0.2) is 0 Å². The van der Waals surface area contributed by atoms with Crippen molar-refractivity contribution in [2.45, 2.75) is 39.7 Å². The summed E-state index contributed by atoms with van der Waals surface area (Å²) in [4.78, 5) is 35.0. The maximum Gasteiger partial charge on any atom is 0.326 e. The van der Waals surface area contributed by atoms with Crippen molar-refractivity contribution >= 4 is 23.0 Å². The number of aromatic nitrogens is 3. The van der Waals surface area contributed by atoms with Gasteiger partial charge in [0.1, 0.15) is 12.2 Å². The fraction of sp³-hybridized carbons (Fsp3) is 0.440. The SMILES string of the molecule is CCOC(=O)Cn1c(=O)c(-c2ccccc2C)cc2cnc(NN3CC4CCCC4C3)nc21. The average molecular weight is 448 g/mol. The van der Waals surface area contributed by atoms with E-state index in [-0.39, 0.29) is 18.7 Å². The lowest BCUT2D eigenvalue weighted by atomic mass is 10.0. The van der Waals surface area contributed by atoms with Crippen LogP contribution < -0.4 is 11.0 Å². The highest BCUT2D eigenvalue weighted by molar-refractivity contribution is 5.83.